The van der Waals surface area contributed by atoms with E-state index in [0.29, 0.717) is 0 Å². The number of nitrogen functional groups attached to an aromatic ring is 1. The molecule has 1 atom stereocenters. The molecule has 1 aromatic heterocycles. The van der Waals surface area contributed by atoms with Crippen LogP contribution in [0.3, 0.4) is 0 Å². The molecule has 11 nitrogen and oxygen atoms in total. The lowest BCUT2D eigenvalue weighted by Gasteiger charge is -2.38. The van der Waals surface area contributed by atoms with Crippen LogP contribution >= 0.6 is 0 Å². The summed E-state index contributed by atoms with van der Waals surface area (Å²) >= 11 is 0. The molecule has 0 spiro atoms. The molecule has 0 unspecified atom stereocenters. The number of carboxylic acid groups (broad SMARTS) is 1. The van der Waals surface area contributed by atoms with E-state index in [-0.39, 0.29) is 41.9 Å². The van der Waals surface area contributed by atoms with Gasteiger partial charge in [0.15, 0.2) is 0 Å². The highest BCUT2D eigenvalue weighted by Crippen LogP contribution is 2.28. The van der Waals surface area contributed by atoms with Crippen LogP contribution in [0.2, 0.25) is 0 Å². The number of nitrogens with zero attached hydrogens (tertiary/aromatic N) is 4. The number of hydrogen-bond acceptors (Lipinski definition) is 9. The number of anilines is 2. The predicted octanol–water partition coefficient (Wildman–Crippen LogP) is 0.414. The largest absolute Gasteiger partial charge is 0.573 e. The summed E-state index contributed by atoms with van der Waals surface area (Å²) in [6.45, 7) is -0.916. The van der Waals surface area contributed by atoms with Crippen LogP contribution in [0.25, 0.3) is 0 Å². The first-order valence-corrected chi connectivity index (χ1v) is 10.4. The lowest BCUT2D eigenvalue weighted by molar-refractivity contribution is -0.274. The molecule has 0 saturated carbocycles. The summed E-state index contributed by atoms with van der Waals surface area (Å²) in [6.07, 6.45) is -3.66. The van der Waals surface area contributed by atoms with E-state index >= 15 is 0 Å². The Labute approximate surface area is 179 Å². The zero-order chi connectivity index (χ0) is 23.7. The quantitative estimate of drug-likeness (QED) is 0.532. The van der Waals surface area contributed by atoms with E-state index in [1.165, 1.54) is 11.1 Å². The minimum Gasteiger partial charge on any atom is -0.480 e. The Morgan fingerprint density at radius 3 is 2.44 bits per heavy atom. The van der Waals surface area contributed by atoms with Crippen molar-refractivity contribution in [2.75, 3.05) is 30.3 Å². The van der Waals surface area contributed by atoms with E-state index in [0.717, 1.165) is 28.6 Å². The van der Waals surface area contributed by atoms with E-state index in [4.69, 9.17) is 10.8 Å². The zero-order valence-electron chi connectivity index (χ0n) is 16.2. The molecule has 2 aromatic rings. The second-order valence-electron chi connectivity index (χ2n) is 6.65. The molecule has 1 fully saturated rings. The van der Waals surface area contributed by atoms with Crippen molar-refractivity contribution in [3.8, 4) is 5.75 Å². The first-order valence-electron chi connectivity index (χ1n) is 9.00. The first-order chi connectivity index (χ1) is 14.9. The lowest BCUT2D eigenvalue weighted by atomic mass is 10.2. The third kappa shape index (κ3) is 5.00. The summed E-state index contributed by atoms with van der Waals surface area (Å²) in [5.74, 6) is -1.88. The predicted molar refractivity (Wildman–Crippen MR) is 103 cm³/mol. The van der Waals surface area contributed by atoms with Crippen molar-refractivity contribution in [2.24, 2.45) is 0 Å². The number of hydrogen-bond donors (Lipinski definition) is 3. The maximum atomic E-state index is 13.0. The van der Waals surface area contributed by atoms with E-state index in [2.05, 4.69) is 14.7 Å². The Balaban J connectivity index is 1.83. The molecule has 1 saturated heterocycles. The molecule has 0 radical (unpaired) electrons. The summed E-state index contributed by atoms with van der Waals surface area (Å²) in [7, 11) is -4.35. The standard InChI is InChI=1S/C17H18F3N5O6S/c18-17(19,20)31-10-1-3-11(4-2-10)32(29,30)25-6-5-24(8-13(25)16(27)28)14-7-22-12(9-26)15(21)23-14/h1-4,7,13,26H,5-6,8-9H2,(H2,21,23)(H,27,28)/t13-/m1/s1. The third-order valence-corrected chi connectivity index (χ3v) is 6.54. The topological polar surface area (TPSA) is 159 Å². The highest BCUT2D eigenvalue weighted by molar-refractivity contribution is 7.89. The summed E-state index contributed by atoms with van der Waals surface area (Å²) in [5, 5.41) is 18.7. The first kappa shape index (κ1) is 23.5. The normalized spacial score (nSPS) is 17.9. The highest BCUT2D eigenvalue weighted by atomic mass is 32.2. The van der Waals surface area contributed by atoms with E-state index < -0.39 is 40.8 Å². The van der Waals surface area contributed by atoms with E-state index in [1.54, 1.807) is 0 Å². The average Bonchev–Trinajstić information content (AvgIpc) is 2.72. The number of aromatic nitrogens is 2. The van der Waals surface area contributed by atoms with Gasteiger partial charge < -0.3 is 25.6 Å². The Morgan fingerprint density at radius 1 is 1.25 bits per heavy atom. The van der Waals surface area contributed by atoms with E-state index in [9.17, 15) is 31.5 Å². The molecular weight excluding hydrogens is 459 g/mol. The molecule has 0 bridgehead atoms. The molecule has 32 heavy (non-hydrogen) atoms. The fourth-order valence-corrected chi connectivity index (χ4v) is 4.67. The molecule has 0 aliphatic carbocycles. The molecule has 1 aliphatic heterocycles. The van der Waals surface area contributed by atoms with Gasteiger partial charge in [-0.1, -0.05) is 0 Å². The van der Waals surface area contributed by atoms with Crippen molar-refractivity contribution in [3.05, 3.63) is 36.2 Å². The highest BCUT2D eigenvalue weighted by Gasteiger charge is 2.41. The van der Waals surface area contributed by atoms with Gasteiger partial charge in [-0.15, -0.1) is 13.2 Å². The van der Waals surface area contributed by atoms with E-state index in [1.807, 2.05) is 0 Å². The number of piperazine rings is 1. The van der Waals surface area contributed by atoms with Crippen LogP contribution in [-0.2, 0) is 21.4 Å². The van der Waals surface area contributed by atoms with Crippen LogP contribution in [0, 0.1) is 0 Å². The Hall–Kier alpha value is -3.17. The zero-order valence-corrected chi connectivity index (χ0v) is 17.0. The number of benzene rings is 1. The number of aliphatic hydroxyl groups is 1. The molecule has 1 aromatic carbocycles. The number of sulfonamides is 1. The smallest absolute Gasteiger partial charge is 0.480 e. The van der Waals surface area contributed by atoms with Crippen LogP contribution in [0.5, 0.6) is 5.75 Å². The Morgan fingerprint density at radius 2 is 1.91 bits per heavy atom. The molecular formula is C17H18F3N5O6S. The van der Waals surface area contributed by atoms with Gasteiger partial charge in [0, 0.05) is 19.6 Å². The Bertz CT molecular complexity index is 1100. The molecule has 0 amide bonds. The van der Waals surface area contributed by atoms with Gasteiger partial charge in [0.25, 0.3) is 0 Å². The van der Waals surface area contributed by atoms with Crippen molar-refractivity contribution in [1.29, 1.82) is 0 Å². The SMILES string of the molecule is Nc1nc(N2CCN(S(=O)(=O)c3ccc(OC(F)(F)F)cc3)[C@@H](C(=O)O)C2)cnc1CO. The van der Waals surface area contributed by atoms with Gasteiger partial charge in [-0.05, 0) is 24.3 Å². The molecule has 3 rings (SSSR count). The summed E-state index contributed by atoms with van der Waals surface area (Å²) < 4.78 is 67.3. The monoisotopic (exact) mass is 477 g/mol. The minimum absolute atomic E-state index is 0.0465. The Kier molecular flexibility index (Phi) is 6.43. The van der Waals surface area contributed by atoms with Gasteiger partial charge in [0.2, 0.25) is 10.0 Å². The van der Waals surface area contributed by atoms with Crippen molar-refractivity contribution in [3.63, 3.8) is 0 Å². The number of alkyl halides is 3. The van der Waals surface area contributed by atoms with Gasteiger partial charge in [-0.3, -0.25) is 9.78 Å². The van der Waals surface area contributed by atoms with Crippen molar-refractivity contribution in [1.82, 2.24) is 14.3 Å². The number of halogens is 3. The number of nitrogens with two attached hydrogens (primary N) is 1. The molecule has 4 N–H and O–H groups in total. The van der Waals surface area contributed by atoms with Crippen molar-refractivity contribution >= 4 is 27.6 Å². The molecule has 174 valence electrons. The van der Waals surface area contributed by atoms with Gasteiger partial charge >= 0.3 is 12.3 Å². The minimum atomic E-state index is -4.94. The molecule has 1 aliphatic rings. The van der Waals surface area contributed by atoms with Crippen molar-refractivity contribution < 1.29 is 41.3 Å². The number of aliphatic hydroxyl groups excluding tert-OH is 1. The maximum absolute atomic E-state index is 13.0. The fraction of sp³-hybridized carbons (Fsp3) is 0.353. The van der Waals surface area contributed by atoms with Crippen LogP contribution in [0.15, 0.2) is 35.4 Å². The molecule has 15 heteroatoms. The van der Waals surface area contributed by atoms with Crippen LogP contribution in [0.4, 0.5) is 24.8 Å². The summed E-state index contributed by atoms with van der Waals surface area (Å²) in [5.41, 5.74) is 5.83. The lowest BCUT2D eigenvalue weighted by Crippen LogP contribution is -2.58. The van der Waals surface area contributed by atoms with Gasteiger partial charge in [-0.25, -0.2) is 13.4 Å². The van der Waals surface area contributed by atoms with Crippen LogP contribution in [0.1, 0.15) is 5.69 Å². The number of aliphatic carboxylic acids is 1. The second kappa shape index (κ2) is 8.76. The maximum Gasteiger partial charge on any atom is 0.573 e. The average molecular weight is 477 g/mol. The molecule has 2 heterocycles. The summed E-state index contributed by atoms with van der Waals surface area (Å²) in [4.78, 5) is 20.9. The fourth-order valence-electron chi connectivity index (χ4n) is 3.10. The number of carbonyl (C=O) groups is 1. The van der Waals surface area contributed by atoms with Gasteiger partial charge in [0.05, 0.1) is 17.7 Å². The third-order valence-electron chi connectivity index (χ3n) is 4.62. The number of carboxylic acids is 1. The number of ether oxygens (including phenoxy) is 1. The van der Waals surface area contributed by atoms with Crippen molar-refractivity contribution in [2.45, 2.75) is 23.9 Å². The summed E-state index contributed by atoms with van der Waals surface area (Å²) in [6, 6.07) is 1.95. The van der Waals surface area contributed by atoms with Crippen LogP contribution in [-0.4, -0.2) is 70.9 Å². The second-order valence-corrected chi connectivity index (χ2v) is 8.54. The number of rotatable bonds is 6. The van der Waals surface area contributed by atoms with Gasteiger partial charge in [0.1, 0.15) is 29.1 Å². The van der Waals surface area contributed by atoms with Crippen LogP contribution < -0.4 is 15.4 Å². The van der Waals surface area contributed by atoms with Gasteiger partial charge in [-0.2, -0.15) is 4.31 Å².